The molecule has 3 aromatic rings. The molecule has 0 spiro atoms. The van der Waals surface area contributed by atoms with E-state index in [2.05, 4.69) is 15.3 Å². The molecule has 1 aliphatic rings. The van der Waals surface area contributed by atoms with Crippen molar-refractivity contribution in [2.24, 2.45) is 0 Å². The molecule has 6 heteroatoms. The summed E-state index contributed by atoms with van der Waals surface area (Å²) in [6, 6.07) is 9.75. The summed E-state index contributed by atoms with van der Waals surface area (Å²) in [5.74, 6) is 2.59. The number of hydrogen-bond donors (Lipinski definition) is 2. The van der Waals surface area contributed by atoms with Gasteiger partial charge >= 0.3 is 0 Å². The summed E-state index contributed by atoms with van der Waals surface area (Å²) in [5, 5.41) is 2.85. The van der Waals surface area contributed by atoms with Crippen LogP contribution in [0.25, 0.3) is 11.0 Å². The number of aryl methyl sites for hydroxylation is 1. The normalized spacial score (nSPS) is 14.1. The maximum absolute atomic E-state index is 12.3. The molecule has 0 fully saturated rings. The number of nitrogens with zero attached hydrogens (tertiary/aromatic N) is 1. The van der Waals surface area contributed by atoms with Gasteiger partial charge in [-0.1, -0.05) is 12.1 Å². The van der Waals surface area contributed by atoms with Gasteiger partial charge in [-0.15, -0.1) is 11.3 Å². The van der Waals surface area contributed by atoms with Gasteiger partial charge in [0, 0.05) is 10.6 Å². The summed E-state index contributed by atoms with van der Waals surface area (Å²) in [4.78, 5) is 21.9. The average Bonchev–Trinajstić information content (AvgIpc) is 3.10. The van der Waals surface area contributed by atoms with E-state index in [4.69, 9.17) is 0 Å². The first kappa shape index (κ1) is 12.9. The van der Waals surface area contributed by atoms with Crippen molar-refractivity contribution in [1.82, 2.24) is 9.97 Å². The standard InChI is InChI=1S/C15H13N3OS2/c19-14(13-7-9-8-20-6-5-12(9)21-13)18-15-16-10-3-1-2-4-11(10)17-15/h1-4,7H,5-6,8H2,(H2,16,17,18,19). The van der Waals surface area contributed by atoms with Crippen LogP contribution < -0.4 is 5.32 Å². The van der Waals surface area contributed by atoms with Crippen molar-refractivity contribution >= 4 is 46.0 Å². The van der Waals surface area contributed by atoms with Crippen LogP contribution in [0.2, 0.25) is 0 Å². The highest BCUT2D eigenvalue weighted by Crippen LogP contribution is 2.32. The number of fused-ring (bicyclic) bond motifs is 2. The van der Waals surface area contributed by atoms with Gasteiger partial charge in [0.1, 0.15) is 0 Å². The first-order chi connectivity index (χ1) is 10.3. The minimum atomic E-state index is -0.0848. The molecule has 1 aromatic carbocycles. The first-order valence-corrected chi connectivity index (χ1v) is 8.72. The third-order valence-corrected chi connectivity index (χ3v) is 5.72. The number of imidazole rings is 1. The SMILES string of the molecule is O=C(Nc1nc2ccccc2[nH]1)c1cc2c(s1)CCSC2. The van der Waals surface area contributed by atoms with Crippen molar-refractivity contribution in [3.8, 4) is 0 Å². The van der Waals surface area contributed by atoms with Crippen LogP contribution in [0.1, 0.15) is 20.1 Å². The average molecular weight is 315 g/mol. The third kappa shape index (κ3) is 2.45. The second-order valence-electron chi connectivity index (χ2n) is 4.92. The van der Waals surface area contributed by atoms with Gasteiger partial charge in [0.2, 0.25) is 5.95 Å². The van der Waals surface area contributed by atoms with E-state index in [9.17, 15) is 4.79 Å². The van der Waals surface area contributed by atoms with Crippen molar-refractivity contribution in [2.75, 3.05) is 11.1 Å². The Bertz CT molecular complexity index is 765. The molecule has 4 rings (SSSR count). The molecule has 2 N–H and O–H groups in total. The number of nitrogens with one attached hydrogen (secondary N) is 2. The molecule has 21 heavy (non-hydrogen) atoms. The fraction of sp³-hybridized carbons (Fsp3) is 0.200. The molecule has 3 heterocycles. The predicted octanol–water partition coefficient (Wildman–Crippen LogP) is 3.67. The van der Waals surface area contributed by atoms with Gasteiger partial charge in [-0.3, -0.25) is 10.1 Å². The number of carbonyl (C=O) groups excluding carboxylic acids is 1. The van der Waals surface area contributed by atoms with Crippen LogP contribution in [0.5, 0.6) is 0 Å². The van der Waals surface area contributed by atoms with Crippen LogP contribution in [0.3, 0.4) is 0 Å². The monoisotopic (exact) mass is 315 g/mol. The summed E-state index contributed by atoms with van der Waals surface area (Å²) in [5.41, 5.74) is 3.09. The fourth-order valence-electron chi connectivity index (χ4n) is 2.44. The summed E-state index contributed by atoms with van der Waals surface area (Å²) in [6.45, 7) is 0. The second-order valence-corrected chi connectivity index (χ2v) is 7.16. The maximum atomic E-state index is 12.3. The summed E-state index contributed by atoms with van der Waals surface area (Å²) >= 11 is 3.53. The number of aromatic nitrogens is 2. The van der Waals surface area contributed by atoms with E-state index in [0.717, 1.165) is 33.8 Å². The van der Waals surface area contributed by atoms with Crippen LogP contribution in [0.15, 0.2) is 30.3 Å². The number of carbonyl (C=O) groups is 1. The highest BCUT2D eigenvalue weighted by atomic mass is 32.2. The van der Waals surface area contributed by atoms with Crippen molar-refractivity contribution in [3.63, 3.8) is 0 Å². The summed E-state index contributed by atoms with van der Waals surface area (Å²) < 4.78 is 0. The number of H-pyrrole nitrogens is 1. The number of benzene rings is 1. The Morgan fingerprint density at radius 2 is 2.24 bits per heavy atom. The van der Waals surface area contributed by atoms with E-state index in [0.29, 0.717) is 5.95 Å². The number of para-hydroxylation sites is 2. The van der Waals surface area contributed by atoms with Gasteiger partial charge in [0.15, 0.2) is 0 Å². The van der Waals surface area contributed by atoms with E-state index < -0.39 is 0 Å². The molecule has 0 unspecified atom stereocenters. The summed E-state index contributed by atoms with van der Waals surface area (Å²) in [7, 11) is 0. The molecule has 106 valence electrons. The molecule has 1 aliphatic heterocycles. The fourth-order valence-corrected chi connectivity index (χ4v) is 4.71. The zero-order valence-electron chi connectivity index (χ0n) is 11.2. The molecule has 0 saturated heterocycles. The number of thioether (sulfide) groups is 1. The van der Waals surface area contributed by atoms with Crippen LogP contribution in [-0.4, -0.2) is 21.6 Å². The van der Waals surface area contributed by atoms with Crippen LogP contribution in [0.4, 0.5) is 5.95 Å². The maximum Gasteiger partial charge on any atom is 0.268 e. The lowest BCUT2D eigenvalue weighted by Gasteiger charge is -2.08. The van der Waals surface area contributed by atoms with E-state index in [-0.39, 0.29) is 5.91 Å². The molecule has 4 nitrogen and oxygen atoms in total. The zero-order valence-corrected chi connectivity index (χ0v) is 12.8. The van der Waals surface area contributed by atoms with Crippen LogP contribution >= 0.6 is 23.1 Å². The van der Waals surface area contributed by atoms with Gasteiger partial charge < -0.3 is 4.98 Å². The molecule has 1 amide bonds. The number of rotatable bonds is 2. The highest BCUT2D eigenvalue weighted by Gasteiger charge is 2.18. The molecule has 2 aromatic heterocycles. The van der Waals surface area contributed by atoms with Gasteiger partial charge in [-0.2, -0.15) is 11.8 Å². The largest absolute Gasteiger partial charge is 0.324 e. The van der Waals surface area contributed by atoms with Gasteiger partial charge in [-0.05, 0) is 35.9 Å². The molecular weight excluding hydrogens is 302 g/mol. The quantitative estimate of drug-likeness (QED) is 0.758. The Morgan fingerprint density at radius 1 is 1.33 bits per heavy atom. The third-order valence-electron chi connectivity index (χ3n) is 3.47. The number of thiophene rings is 1. The summed E-state index contributed by atoms with van der Waals surface area (Å²) in [6.07, 6.45) is 1.07. The van der Waals surface area contributed by atoms with Crippen molar-refractivity contribution in [3.05, 3.63) is 45.6 Å². The van der Waals surface area contributed by atoms with Gasteiger partial charge in [0.05, 0.1) is 15.9 Å². The lowest BCUT2D eigenvalue weighted by atomic mass is 10.2. The highest BCUT2D eigenvalue weighted by molar-refractivity contribution is 7.98. The Labute approximate surface area is 130 Å². The Balaban J connectivity index is 1.58. The number of anilines is 1. The number of aromatic amines is 1. The lowest BCUT2D eigenvalue weighted by molar-refractivity contribution is 0.103. The Hall–Kier alpha value is -1.79. The number of amides is 1. The first-order valence-electron chi connectivity index (χ1n) is 6.75. The zero-order chi connectivity index (χ0) is 14.2. The minimum absolute atomic E-state index is 0.0848. The van der Waals surface area contributed by atoms with Crippen LogP contribution in [0, 0.1) is 0 Å². The van der Waals surface area contributed by atoms with Crippen molar-refractivity contribution in [2.45, 2.75) is 12.2 Å². The van der Waals surface area contributed by atoms with Gasteiger partial charge in [-0.25, -0.2) is 4.98 Å². The van der Waals surface area contributed by atoms with E-state index in [1.165, 1.54) is 10.4 Å². The lowest BCUT2D eigenvalue weighted by Crippen LogP contribution is -2.11. The van der Waals surface area contributed by atoms with Crippen molar-refractivity contribution < 1.29 is 4.79 Å². The van der Waals surface area contributed by atoms with Crippen molar-refractivity contribution in [1.29, 1.82) is 0 Å². The minimum Gasteiger partial charge on any atom is -0.324 e. The predicted molar refractivity (Wildman–Crippen MR) is 88.2 cm³/mol. The molecular formula is C15H13N3OS2. The molecule has 0 atom stereocenters. The molecule has 0 aliphatic carbocycles. The van der Waals surface area contributed by atoms with E-state index in [1.807, 2.05) is 42.1 Å². The van der Waals surface area contributed by atoms with Gasteiger partial charge in [0.25, 0.3) is 5.91 Å². The Kier molecular flexibility index (Phi) is 3.20. The van der Waals surface area contributed by atoms with E-state index in [1.54, 1.807) is 11.3 Å². The number of hydrogen-bond acceptors (Lipinski definition) is 4. The van der Waals surface area contributed by atoms with E-state index >= 15 is 0 Å². The van der Waals surface area contributed by atoms with Crippen LogP contribution in [-0.2, 0) is 12.2 Å². The molecule has 0 saturated carbocycles. The molecule has 0 radical (unpaired) electrons. The second kappa shape index (κ2) is 5.20. The topological polar surface area (TPSA) is 57.8 Å². The molecule has 0 bridgehead atoms. The smallest absolute Gasteiger partial charge is 0.268 e. The Morgan fingerprint density at radius 3 is 3.10 bits per heavy atom.